The summed E-state index contributed by atoms with van der Waals surface area (Å²) in [6.45, 7) is 1.83. The van der Waals surface area contributed by atoms with E-state index in [2.05, 4.69) is 25.3 Å². The maximum Gasteiger partial charge on any atom is 0.387 e. The Labute approximate surface area is 271 Å². The zero-order valence-electron chi connectivity index (χ0n) is 25.2. The highest BCUT2D eigenvalue weighted by Crippen LogP contribution is 2.29. The summed E-state index contributed by atoms with van der Waals surface area (Å²) in [5, 5.41) is 16.2. The second-order valence-electron chi connectivity index (χ2n) is 11.3. The summed E-state index contributed by atoms with van der Waals surface area (Å²) in [6.07, 6.45) is 6.29. The smallest absolute Gasteiger partial charge is 0.387 e. The molecule has 14 heteroatoms. The Balaban J connectivity index is 0.00000417. The number of nitrogens with one attached hydrogen (secondary N) is 2. The molecular weight excluding hydrogens is 620 g/mol. The van der Waals surface area contributed by atoms with E-state index in [-0.39, 0.29) is 48.5 Å². The summed E-state index contributed by atoms with van der Waals surface area (Å²) in [5.74, 6) is 0.445. The minimum Gasteiger partial charge on any atom is -0.435 e. The number of imidazole rings is 1. The lowest BCUT2D eigenvalue weighted by Gasteiger charge is -2.39. The van der Waals surface area contributed by atoms with Crippen molar-refractivity contribution in [3.05, 3.63) is 72.2 Å². The first kappa shape index (κ1) is 33.0. The van der Waals surface area contributed by atoms with Crippen molar-refractivity contribution in [2.75, 3.05) is 44.6 Å². The molecule has 11 nitrogen and oxygen atoms in total. The van der Waals surface area contributed by atoms with Crippen molar-refractivity contribution in [2.24, 2.45) is 5.92 Å². The fraction of sp³-hybridized carbons (Fsp3) is 0.375. The lowest BCUT2D eigenvalue weighted by Crippen LogP contribution is -2.57. The molecule has 2 aliphatic rings. The van der Waals surface area contributed by atoms with Gasteiger partial charge in [-0.05, 0) is 67.8 Å². The molecule has 2 amide bonds. The maximum absolute atomic E-state index is 13.5. The third kappa shape index (κ3) is 6.91. The molecule has 4 aromatic rings. The normalized spacial score (nSPS) is 17.2. The Morgan fingerprint density at radius 3 is 2.57 bits per heavy atom. The quantitative estimate of drug-likeness (QED) is 0.259. The van der Waals surface area contributed by atoms with Crippen LogP contribution in [0.1, 0.15) is 28.8 Å². The number of ether oxygens (including phenoxy) is 1. The van der Waals surface area contributed by atoms with Crippen molar-refractivity contribution in [1.82, 2.24) is 29.5 Å². The van der Waals surface area contributed by atoms with Crippen molar-refractivity contribution < 1.29 is 28.2 Å². The number of anilines is 2. The number of hydrogen-bond acceptors (Lipinski definition) is 8. The van der Waals surface area contributed by atoms with Crippen LogP contribution < -0.4 is 15.4 Å². The molecule has 2 aromatic carbocycles. The standard InChI is InChI=1S/C32H35F2N7O4.ClH/c1-20-16-23(38-28-29-37-18-27(41(29)15-11-36-28)21-2-5-25(6-3-21)45-32(33)34)4-7-26(20)31(44)39-12-8-22(9-13-39)30(43)40-14-10-35-17-24(40)19-42;/h2-7,11,15-16,18,22,24,32,35,42H,8-10,12-14,17,19H2,1H3,(H,36,38);1H. The van der Waals surface area contributed by atoms with Crippen molar-refractivity contribution in [1.29, 1.82) is 0 Å². The molecule has 6 rings (SSSR count). The van der Waals surface area contributed by atoms with Crippen LogP contribution in [0.15, 0.2) is 61.1 Å². The lowest BCUT2D eigenvalue weighted by molar-refractivity contribution is -0.141. The van der Waals surface area contributed by atoms with Crippen LogP contribution in [0.25, 0.3) is 16.9 Å². The number of alkyl halides is 2. The van der Waals surface area contributed by atoms with E-state index in [9.17, 15) is 23.5 Å². The zero-order valence-corrected chi connectivity index (χ0v) is 26.1. The topological polar surface area (TPSA) is 124 Å². The van der Waals surface area contributed by atoms with Gasteiger partial charge in [-0.25, -0.2) is 9.97 Å². The average molecular weight is 656 g/mol. The van der Waals surface area contributed by atoms with Crippen LogP contribution in [0.5, 0.6) is 5.75 Å². The molecule has 1 unspecified atom stereocenters. The minimum atomic E-state index is -2.89. The molecule has 2 aliphatic heterocycles. The number of hydrogen-bond donors (Lipinski definition) is 3. The molecule has 46 heavy (non-hydrogen) atoms. The molecular formula is C32H36ClF2N7O4. The van der Waals surface area contributed by atoms with Crippen molar-refractivity contribution in [3.63, 3.8) is 0 Å². The van der Waals surface area contributed by atoms with Gasteiger partial charge in [-0.2, -0.15) is 8.78 Å². The van der Waals surface area contributed by atoms with Crippen LogP contribution in [0.4, 0.5) is 20.3 Å². The number of nitrogens with zero attached hydrogens (tertiary/aromatic N) is 5. The maximum atomic E-state index is 13.5. The number of aliphatic hydroxyl groups is 1. The molecule has 2 aromatic heterocycles. The first-order chi connectivity index (χ1) is 21.8. The third-order valence-corrected chi connectivity index (χ3v) is 8.50. The minimum absolute atomic E-state index is 0. The van der Waals surface area contributed by atoms with E-state index in [1.54, 1.807) is 46.6 Å². The van der Waals surface area contributed by atoms with Gasteiger partial charge in [0.2, 0.25) is 5.91 Å². The Hall–Kier alpha value is -4.33. The summed E-state index contributed by atoms with van der Waals surface area (Å²) in [7, 11) is 0. The van der Waals surface area contributed by atoms with E-state index in [1.807, 2.05) is 23.5 Å². The lowest BCUT2D eigenvalue weighted by atomic mass is 9.93. The first-order valence-electron chi connectivity index (χ1n) is 15.0. The Morgan fingerprint density at radius 2 is 1.87 bits per heavy atom. The predicted molar refractivity (Wildman–Crippen MR) is 171 cm³/mol. The van der Waals surface area contributed by atoms with E-state index in [0.29, 0.717) is 56.0 Å². The first-order valence-corrected chi connectivity index (χ1v) is 15.0. The van der Waals surface area contributed by atoms with Crippen molar-refractivity contribution in [2.45, 2.75) is 32.4 Å². The molecule has 244 valence electrons. The number of carbonyl (C=O) groups is 2. The van der Waals surface area contributed by atoms with Crippen LogP contribution >= 0.6 is 12.4 Å². The molecule has 0 bridgehead atoms. The van der Waals surface area contributed by atoms with Gasteiger partial charge in [0, 0.05) is 67.8 Å². The predicted octanol–water partition coefficient (Wildman–Crippen LogP) is 4.12. The number of aryl methyl sites for hydroxylation is 1. The summed E-state index contributed by atoms with van der Waals surface area (Å²) in [4.78, 5) is 39.2. The monoisotopic (exact) mass is 655 g/mol. The van der Waals surface area contributed by atoms with Crippen LogP contribution in [-0.4, -0.2) is 93.1 Å². The molecule has 0 radical (unpaired) electrons. The molecule has 3 N–H and O–H groups in total. The fourth-order valence-corrected chi connectivity index (χ4v) is 6.09. The van der Waals surface area contributed by atoms with Crippen molar-refractivity contribution in [3.8, 4) is 17.0 Å². The van der Waals surface area contributed by atoms with E-state index in [0.717, 1.165) is 29.1 Å². The summed E-state index contributed by atoms with van der Waals surface area (Å²) >= 11 is 0. The largest absolute Gasteiger partial charge is 0.435 e. The zero-order chi connectivity index (χ0) is 31.5. The highest BCUT2D eigenvalue weighted by Gasteiger charge is 2.34. The van der Waals surface area contributed by atoms with Crippen LogP contribution in [0, 0.1) is 12.8 Å². The number of likely N-dealkylation sites (tertiary alicyclic amines) is 1. The summed E-state index contributed by atoms with van der Waals surface area (Å²) in [5.41, 5.74) is 4.23. The number of halogens is 3. The fourth-order valence-electron chi connectivity index (χ4n) is 6.09. The molecule has 2 fully saturated rings. The number of piperazine rings is 1. The van der Waals surface area contributed by atoms with Gasteiger partial charge in [-0.3, -0.25) is 14.0 Å². The van der Waals surface area contributed by atoms with Crippen molar-refractivity contribution >= 4 is 41.4 Å². The van der Waals surface area contributed by atoms with Crippen LogP contribution in [-0.2, 0) is 4.79 Å². The van der Waals surface area contributed by atoms with E-state index in [1.165, 1.54) is 12.1 Å². The van der Waals surface area contributed by atoms with Gasteiger partial charge in [0.1, 0.15) is 5.75 Å². The molecule has 4 heterocycles. The van der Waals surface area contributed by atoms with Gasteiger partial charge in [-0.15, -0.1) is 12.4 Å². The average Bonchev–Trinajstić information content (AvgIpc) is 3.50. The van der Waals surface area contributed by atoms with E-state index < -0.39 is 6.61 Å². The number of amides is 2. The summed E-state index contributed by atoms with van der Waals surface area (Å²) < 4.78 is 31.3. The van der Waals surface area contributed by atoms with Gasteiger partial charge in [0.15, 0.2) is 11.5 Å². The molecule has 2 saturated heterocycles. The highest BCUT2D eigenvalue weighted by atomic mass is 35.5. The SMILES string of the molecule is Cc1cc(Nc2nccn3c(-c4ccc(OC(F)F)cc4)cnc23)ccc1C(=O)N1CCC(C(=O)N2CCNCC2CO)CC1.Cl. The molecule has 0 spiro atoms. The number of piperidine rings is 1. The number of aliphatic hydroxyl groups excluding tert-OH is 1. The molecule has 0 aliphatic carbocycles. The second kappa shape index (κ2) is 14.4. The van der Waals surface area contributed by atoms with Crippen LogP contribution in [0.2, 0.25) is 0 Å². The van der Waals surface area contributed by atoms with E-state index in [4.69, 9.17) is 0 Å². The molecule has 1 atom stereocenters. The number of benzene rings is 2. The van der Waals surface area contributed by atoms with Crippen LogP contribution in [0.3, 0.4) is 0 Å². The second-order valence-corrected chi connectivity index (χ2v) is 11.3. The van der Waals surface area contributed by atoms with Gasteiger partial charge in [-0.1, -0.05) is 0 Å². The Bertz CT molecular complexity index is 1680. The highest BCUT2D eigenvalue weighted by molar-refractivity contribution is 5.96. The summed E-state index contributed by atoms with van der Waals surface area (Å²) in [6, 6.07) is 11.6. The number of rotatable bonds is 8. The third-order valence-electron chi connectivity index (χ3n) is 8.50. The number of aromatic nitrogens is 3. The Morgan fingerprint density at radius 1 is 1.11 bits per heavy atom. The van der Waals surface area contributed by atoms with Gasteiger partial charge in [0.05, 0.1) is 24.5 Å². The number of fused-ring (bicyclic) bond motifs is 1. The number of carbonyl (C=O) groups excluding carboxylic acids is 2. The Kier molecular flexibility index (Phi) is 10.3. The van der Waals surface area contributed by atoms with Gasteiger partial charge in [0.25, 0.3) is 5.91 Å². The van der Waals surface area contributed by atoms with E-state index >= 15 is 0 Å². The molecule has 0 saturated carbocycles. The van der Waals surface area contributed by atoms with Gasteiger partial charge < -0.3 is 30.3 Å². The van der Waals surface area contributed by atoms with Gasteiger partial charge >= 0.3 is 6.61 Å².